The van der Waals surface area contributed by atoms with Crippen LogP contribution in [0.25, 0.3) is 11.3 Å². The highest BCUT2D eigenvalue weighted by Gasteiger charge is 2.17. The van der Waals surface area contributed by atoms with E-state index in [2.05, 4.69) is 5.10 Å². The number of aliphatic hydroxyl groups is 1. The number of aromatic nitrogens is 2. The zero-order valence-corrected chi connectivity index (χ0v) is 12.2. The second-order valence-corrected chi connectivity index (χ2v) is 4.75. The normalized spacial score (nSPS) is 10.6. The van der Waals surface area contributed by atoms with Crippen LogP contribution in [0.3, 0.4) is 0 Å². The molecule has 1 aromatic heterocycles. The minimum Gasteiger partial charge on any atom is -0.496 e. The Kier molecular flexibility index (Phi) is 4.59. The van der Waals surface area contributed by atoms with Crippen LogP contribution in [0, 0.1) is 6.92 Å². The fourth-order valence-electron chi connectivity index (χ4n) is 2.23. The molecule has 21 heavy (non-hydrogen) atoms. The summed E-state index contributed by atoms with van der Waals surface area (Å²) in [6, 6.07) is 5.59. The largest absolute Gasteiger partial charge is 0.496 e. The monoisotopic (exact) mass is 289 g/mol. The van der Waals surface area contributed by atoms with Gasteiger partial charge in [-0.2, -0.15) is 5.10 Å². The Morgan fingerprint density at radius 2 is 2.24 bits per heavy atom. The molecule has 0 bridgehead atoms. The molecule has 0 aliphatic carbocycles. The predicted octanol–water partition coefficient (Wildman–Crippen LogP) is 1.64. The van der Waals surface area contributed by atoms with Gasteiger partial charge in [-0.1, -0.05) is 0 Å². The van der Waals surface area contributed by atoms with Crippen LogP contribution in [0.4, 0.5) is 5.82 Å². The van der Waals surface area contributed by atoms with Crippen LogP contribution in [0.2, 0.25) is 0 Å². The predicted molar refractivity (Wildman–Crippen MR) is 80.5 cm³/mol. The van der Waals surface area contributed by atoms with E-state index in [1.165, 1.54) is 0 Å². The number of methoxy groups -OCH3 is 1. The van der Waals surface area contributed by atoms with Crippen molar-refractivity contribution in [1.29, 1.82) is 0 Å². The lowest BCUT2D eigenvalue weighted by atomic mass is 10.1. The minimum absolute atomic E-state index is 0.0483. The molecule has 112 valence electrons. The summed E-state index contributed by atoms with van der Waals surface area (Å²) in [5.41, 5.74) is 8.63. The third-order valence-corrected chi connectivity index (χ3v) is 3.34. The highest BCUT2D eigenvalue weighted by Crippen LogP contribution is 2.29. The maximum Gasteiger partial charge on any atom is 0.156 e. The van der Waals surface area contributed by atoms with Crippen LogP contribution >= 0.6 is 0 Å². The standard InChI is InChI=1S/C15H19N3O3/c1-10-8-11(4-5-13(10)21-2)14-12(9-20)15(16)18(17-14)6-3-7-19/h4-5,8-9,19H,3,6-7,16H2,1-2H3. The molecule has 0 aliphatic heterocycles. The second kappa shape index (κ2) is 6.41. The lowest BCUT2D eigenvalue weighted by Gasteiger charge is -2.06. The molecule has 0 saturated heterocycles. The van der Waals surface area contributed by atoms with Gasteiger partial charge in [0.2, 0.25) is 0 Å². The van der Waals surface area contributed by atoms with Crippen LogP contribution in [0.15, 0.2) is 18.2 Å². The lowest BCUT2D eigenvalue weighted by Crippen LogP contribution is -2.06. The van der Waals surface area contributed by atoms with E-state index < -0.39 is 0 Å². The molecule has 0 radical (unpaired) electrons. The van der Waals surface area contributed by atoms with Gasteiger partial charge in [-0.15, -0.1) is 0 Å². The van der Waals surface area contributed by atoms with E-state index in [1.807, 2.05) is 25.1 Å². The van der Waals surface area contributed by atoms with E-state index in [-0.39, 0.29) is 6.61 Å². The van der Waals surface area contributed by atoms with Gasteiger partial charge in [0.25, 0.3) is 0 Å². The highest BCUT2D eigenvalue weighted by atomic mass is 16.5. The van der Waals surface area contributed by atoms with Crippen LogP contribution in [-0.2, 0) is 6.54 Å². The first-order valence-electron chi connectivity index (χ1n) is 6.69. The topological polar surface area (TPSA) is 90.4 Å². The number of nitrogen functional groups attached to an aromatic ring is 1. The molecule has 0 unspecified atom stereocenters. The van der Waals surface area contributed by atoms with Gasteiger partial charge in [-0.3, -0.25) is 4.79 Å². The summed E-state index contributed by atoms with van der Waals surface area (Å²) in [6.07, 6.45) is 1.25. The first-order chi connectivity index (χ1) is 10.1. The van der Waals surface area contributed by atoms with Gasteiger partial charge < -0.3 is 15.6 Å². The maximum atomic E-state index is 11.3. The molecule has 0 atom stereocenters. The van der Waals surface area contributed by atoms with Gasteiger partial charge in [0, 0.05) is 18.7 Å². The number of aldehydes is 1. The molecular formula is C15H19N3O3. The molecular weight excluding hydrogens is 270 g/mol. The van der Waals surface area contributed by atoms with E-state index in [0.717, 1.165) is 16.9 Å². The quantitative estimate of drug-likeness (QED) is 0.789. The van der Waals surface area contributed by atoms with Gasteiger partial charge >= 0.3 is 0 Å². The van der Waals surface area contributed by atoms with Crippen molar-refractivity contribution in [3.63, 3.8) is 0 Å². The number of benzene rings is 1. The molecule has 0 aliphatic rings. The van der Waals surface area contributed by atoms with Crippen molar-refractivity contribution in [3.8, 4) is 17.0 Å². The van der Waals surface area contributed by atoms with E-state index in [0.29, 0.717) is 36.3 Å². The first-order valence-corrected chi connectivity index (χ1v) is 6.69. The molecule has 2 rings (SSSR count). The van der Waals surface area contributed by atoms with Crippen molar-refractivity contribution in [2.75, 3.05) is 19.5 Å². The molecule has 2 aromatic rings. The van der Waals surface area contributed by atoms with Gasteiger partial charge in [0.1, 0.15) is 17.3 Å². The number of carbonyl (C=O) groups excluding carboxylic acids is 1. The lowest BCUT2D eigenvalue weighted by molar-refractivity contribution is 0.112. The summed E-state index contributed by atoms with van der Waals surface area (Å²) in [4.78, 5) is 11.3. The number of nitrogens with zero attached hydrogens (tertiary/aromatic N) is 2. The Bertz CT molecular complexity index is 650. The van der Waals surface area contributed by atoms with Gasteiger partial charge in [0.05, 0.1) is 12.7 Å². The third-order valence-electron chi connectivity index (χ3n) is 3.34. The average Bonchev–Trinajstić information content (AvgIpc) is 2.81. The van der Waals surface area contributed by atoms with Crippen LogP contribution in [-0.4, -0.2) is 34.9 Å². The SMILES string of the molecule is COc1ccc(-c2nn(CCCO)c(N)c2C=O)cc1C. The maximum absolute atomic E-state index is 11.3. The number of carbonyl (C=O) groups is 1. The van der Waals surface area contributed by atoms with Gasteiger partial charge in [-0.25, -0.2) is 4.68 Å². The summed E-state index contributed by atoms with van der Waals surface area (Å²) < 4.78 is 6.78. The number of aryl methyl sites for hydroxylation is 2. The van der Waals surface area contributed by atoms with Crippen molar-refractivity contribution in [3.05, 3.63) is 29.3 Å². The molecule has 6 heteroatoms. The molecule has 6 nitrogen and oxygen atoms in total. The van der Waals surface area contributed by atoms with E-state index in [9.17, 15) is 4.79 Å². The number of ether oxygens (including phenoxy) is 1. The molecule has 1 heterocycles. The molecule has 3 N–H and O–H groups in total. The molecule has 1 aromatic carbocycles. The van der Waals surface area contributed by atoms with E-state index >= 15 is 0 Å². The smallest absolute Gasteiger partial charge is 0.156 e. The summed E-state index contributed by atoms with van der Waals surface area (Å²) in [5.74, 6) is 1.10. The summed E-state index contributed by atoms with van der Waals surface area (Å²) in [6.45, 7) is 2.44. The Balaban J connectivity index is 2.47. The van der Waals surface area contributed by atoms with E-state index in [4.69, 9.17) is 15.6 Å². The number of aliphatic hydroxyl groups excluding tert-OH is 1. The Morgan fingerprint density at radius 3 is 2.81 bits per heavy atom. The zero-order chi connectivity index (χ0) is 15.4. The Hall–Kier alpha value is -2.34. The zero-order valence-electron chi connectivity index (χ0n) is 12.2. The van der Waals surface area contributed by atoms with Crippen molar-refractivity contribution >= 4 is 12.1 Å². The highest BCUT2D eigenvalue weighted by molar-refractivity contribution is 5.91. The molecule has 0 spiro atoms. The van der Waals surface area contributed by atoms with E-state index in [1.54, 1.807) is 11.8 Å². The third kappa shape index (κ3) is 2.90. The summed E-state index contributed by atoms with van der Waals surface area (Å²) in [5, 5.41) is 13.3. The summed E-state index contributed by atoms with van der Waals surface area (Å²) in [7, 11) is 1.61. The molecule has 0 saturated carbocycles. The average molecular weight is 289 g/mol. The van der Waals surface area contributed by atoms with Gasteiger partial charge in [-0.05, 0) is 37.1 Å². The number of rotatable bonds is 6. The van der Waals surface area contributed by atoms with Crippen molar-refractivity contribution < 1.29 is 14.6 Å². The Morgan fingerprint density at radius 1 is 1.48 bits per heavy atom. The minimum atomic E-state index is 0.0483. The number of nitrogens with two attached hydrogens (primary N) is 1. The van der Waals surface area contributed by atoms with Crippen LogP contribution in [0.5, 0.6) is 5.75 Å². The van der Waals surface area contributed by atoms with Crippen molar-refractivity contribution in [1.82, 2.24) is 9.78 Å². The summed E-state index contributed by atoms with van der Waals surface area (Å²) >= 11 is 0. The first kappa shape index (κ1) is 15.1. The second-order valence-electron chi connectivity index (χ2n) is 4.75. The van der Waals surface area contributed by atoms with Crippen molar-refractivity contribution in [2.45, 2.75) is 19.9 Å². The Labute approximate surface area is 123 Å². The van der Waals surface area contributed by atoms with Crippen LogP contribution < -0.4 is 10.5 Å². The van der Waals surface area contributed by atoms with Gasteiger partial charge in [0.15, 0.2) is 6.29 Å². The van der Waals surface area contributed by atoms with Crippen molar-refractivity contribution in [2.24, 2.45) is 0 Å². The fraction of sp³-hybridized carbons (Fsp3) is 0.333. The number of anilines is 1. The van der Waals surface area contributed by atoms with Crippen LogP contribution in [0.1, 0.15) is 22.3 Å². The molecule has 0 fully saturated rings. The molecule has 0 amide bonds. The fourth-order valence-corrected chi connectivity index (χ4v) is 2.23. The number of hydrogen-bond acceptors (Lipinski definition) is 5. The number of hydrogen-bond donors (Lipinski definition) is 2.